The van der Waals surface area contributed by atoms with E-state index in [0.717, 1.165) is 17.4 Å². The maximum absolute atomic E-state index is 12.8. The van der Waals surface area contributed by atoms with Gasteiger partial charge in [-0.25, -0.2) is 0 Å². The fraction of sp³-hybridized carbons (Fsp3) is 0.222. The van der Waals surface area contributed by atoms with Crippen molar-refractivity contribution in [3.63, 3.8) is 0 Å². The highest BCUT2D eigenvalue weighted by Crippen LogP contribution is 2.36. The summed E-state index contributed by atoms with van der Waals surface area (Å²) in [6.45, 7) is 0. The van der Waals surface area contributed by atoms with E-state index < -0.39 is 38.8 Å². The van der Waals surface area contributed by atoms with E-state index in [4.69, 9.17) is 0 Å². The maximum Gasteiger partial charge on any atom is 0.463 e. The largest absolute Gasteiger partial charge is 0.463 e. The van der Waals surface area contributed by atoms with E-state index in [-0.39, 0.29) is 0 Å². The Bertz CT molecular complexity index is 625. The van der Waals surface area contributed by atoms with Crippen molar-refractivity contribution in [2.24, 2.45) is 0 Å². The van der Waals surface area contributed by atoms with Crippen molar-refractivity contribution in [1.29, 1.82) is 0 Å². The van der Waals surface area contributed by atoms with E-state index in [1.54, 1.807) is 0 Å². The number of nitrogens with one attached hydrogen (secondary N) is 1. The van der Waals surface area contributed by atoms with Gasteiger partial charge in [0.2, 0.25) is 0 Å². The Labute approximate surface area is 108 Å². The van der Waals surface area contributed by atoms with Crippen LogP contribution in [0.2, 0.25) is 0 Å². The first kappa shape index (κ1) is 16.3. The lowest BCUT2D eigenvalue weighted by atomic mass is 10.2. The van der Waals surface area contributed by atoms with Gasteiger partial charge in [0.05, 0.1) is 5.69 Å². The van der Waals surface area contributed by atoms with Crippen molar-refractivity contribution in [2.45, 2.75) is 17.0 Å². The molecule has 1 amide bonds. The highest BCUT2D eigenvalue weighted by atomic mass is 32.3. The van der Waals surface area contributed by atoms with Crippen molar-refractivity contribution >= 4 is 21.8 Å². The Balaban J connectivity index is 3.17. The van der Waals surface area contributed by atoms with Gasteiger partial charge in [0.1, 0.15) is 4.90 Å². The smallest absolute Gasteiger partial charge is 0.319 e. The average Bonchev–Trinajstić information content (AvgIpc) is 2.26. The summed E-state index contributed by atoms with van der Waals surface area (Å²) in [7, 11) is -5.40. The van der Waals surface area contributed by atoms with E-state index in [2.05, 4.69) is 0 Å². The Morgan fingerprint density at radius 2 is 1.55 bits per heavy atom. The normalized spacial score (nSPS) is 13.1. The van der Waals surface area contributed by atoms with Gasteiger partial charge in [-0.2, -0.15) is 30.4 Å². The van der Waals surface area contributed by atoms with Crippen molar-refractivity contribution in [3.05, 3.63) is 24.3 Å². The van der Waals surface area contributed by atoms with Crippen LogP contribution in [0.4, 0.5) is 31.5 Å². The standard InChI is InChI=1S/C9H5F6NO3S/c10-8(11,9(12,13)14)7(17)16-5-3-1-2-4-6(5)20(15,18)19/h1-4H,(H,16,17). The first-order valence-electron chi connectivity index (χ1n) is 4.67. The Kier molecular flexibility index (Phi) is 4.04. The number of benzene rings is 1. The molecule has 1 N–H and O–H groups in total. The summed E-state index contributed by atoms with van der Waals surface area (Å²) in [4.78, 5) is 9.63. The Morgan fingerprint density at radius 1 is 1.05 bits per heavy atom. The molecule has 0 saturated carbocycles. The highest BCUT2D eigenvalue weighted by Gasteiger charge is 2.63. The molecule has 112 valence electrons. The first-order valence-corrected chi connectivity index (χ1v) is 6.05. The van der Waals surface area contributed by atoms with Crippen LogP contribution >= 0.6 is 0 Å². The molecule has 0 fully saturated rings. The quantitative estimate of drug-likeness (QED) is 0.687. The van der Waals surface area contributed by atoms with Crippen molar-refractivity contribution in [3.8, 4) is 0 Å². The van der Waals surface area contributed by atoms with Crippen LogP contribution in [0.25, 0.3) is 0 Å². The van der Waals surface area contributed by atoms with Crippen LogP contribution in [-0.4, -0.2) is 26.4 Å². The van der Waals surface area contributed by atoms with Gasteiger partial charge in [-0.1, -0.05) is 12.1 Å². The fourth-order valence-corrected chi connectivity index (χ4v) is 1.73. The molecule has 11 heteroatoms. The molecule has 4 nitrogen and oxygen atoms in total. The molecule has 0 aliphatic heterocycles. The molecule has 0 bridgehead atoms. The molecule has 0 aliphatic carbocycles. The van der Waals surface area contributed by atoms with Crippen molar-refractivity contribution in [1.82, 2.24) is 0 Å². The molecule has 0 aromatic heterocycles. The minimum Gasteiger partial charge on any atom is -0.319 e. The van der Waals surface area contributed by atoms with Gasteiger partial charge < -0.3 is 5.32 Å². The predicted octanol–water partition coefficient (Wildman–Crippen LogP) is 2.48. The first-order chi connectivity index (χ1) is 8.87. The van der Waals surface area contributed by atoms with Gasteiger partial charge in [-0.3, -0.25) is 4.79 Å². The van der Waals surface area contributed by atoms with Gasteiger partial charge in [0.15, 0.2) is 0 Å². The maximum atomic E-state index is 12.8. The van der Waals surface area contributed by atoms with Gasteiger partial charge >= 0.3 is 28.2 Å². The van der Waals surface area contributed by atoms with Crippen LogP contribution in [0, 0.1) is 0 Å². The van der Waals surface area contributed by atoms with E-state index >= 15 is 0 Å². The molecule has 0 saturated heterocycles. The lowest BCUT2D eigenvalue weighted by Crippen LogP contribution is -2.47. The third-order valence-electron chi connectivity index (χ3n) is 2.04. The average molecular weight is 321 g/mol. The van der Waals surface area contributed by atoms with Crippen LogP contribution in [0.3, 0.4) is 0 Å². The van der Waals surface area contributed by atoms with E-state index in [0.29, 0.717) is 12.1 Å². The SMILES string of the molecule is O=C(Nc1ccccc1S(=O)(=O)F)C(F)(F)C(F)(F)F. The van der Waals surface area contributed by atoms with Gasteiger partial charge in [0.25, 0.3) is 0 Å². The number of carbonyl (C=O) groups is 1. The van der Waals surface area contributed by atoms with Crippen LogP contribution in [-0.2, 0) is 15.0 Å². The molecule has 20 heavy (non-hydrogen) atoms. The summed E-state index contributed by atoms with van der Waals surface area (Å²) in [6, 6.07) is 3.26. The third-order valence-corrected chi connectivity index (χ3v) is 2.92. The summed E-state index contributed by atoms with van der Waals surface area (Å²) in [6.07, 6.45) is -6.17. The molecule has 1 aromatic carbocycles. The van der Waals surface area contributed by atoms with E-state index in [9.17, 15) is 39.1 Å². The zero-order valence-corrected chi connectivity index (χ0v) is 10.0. The predicted molar refractivity (Wildman–Crippen MR) is 54.4 cm³/mol. The van der Waals surface area contributed by atoms with Crippen LogP contribution in [0.1, 0.15) is 0 Å². The molecule has 0 spiro atoms. The minimum absolute atomic E-state index is 0.594. The second kappa shape index (κ2) is 4.96. The van der Waals surface area contributed by atoms with Crippen LogP contribution in [0.5, 0.6) is 0 Å². The summed E-state index contributed by atoms with van der Waals surface area (Å²) < 4.78 is 95.2. The van der Waals surface area contributed by atoms with Crippen LogP contribution in [0.15, 0.2) is 29.2 Å². The number of para-hydroxylation sites is 1. The van der Waals surface area contributed by atoms with Gasteiger partial charge in [-0.05, 0) is 12.1 Å². The zero-order chi connectivity index (χ0) is 15.8. The number of anilines is 1. The Morgan fingerprint density at radius 3 is 2.00 bits per heavy atom. The monoisotopic (exact) mass is 321 g/mol. The van der Waals surface area contributed by atoms with Gasteiger partial charge in [0, 0.05) is 0 Å². The number of amides is 1. The number of halogens is 6. The molecule has 0 heterocycles. The number of rotatable bonds is 3. The lowest BCUT2D eigenvalue weighted by Gasteiger charge is -2.19. The minimum atomic E-state index is -6.17. The summed E-state index contributed by atoms with van der Waals surface area (Å²) in [5.41, 5.74) is -1.02. The zero-order valence-electron chi connectivity index (χ0n) is 9.21. The Hall–Kier alpha value is -1.78. The van der Waals surface area contributed by atoms with Crippen molar-refractivity contribution < 1.29 is 39.1 Å². The topological polar surface area (TPSA) is 63.2 Å². The van der Waals surface area contributed by atoms with E-state index in [1.165, 1.54) is 0 Å². The number of alkyl halides is 5. The lowest BCUT2D eigenvalue weighted by molar-refractivity contribution is -0.267. The van der Waals surface area contributed by atoms with Crippen LogP contribution < -0.4 is 5.32 Å². The number of hydrogen-bond donors (Lipinski definition) is 1. The highest BCUT2D eigenvalue weighted by molar-refractivity contribution is 7.86. The molecule has 0 aliphatic rings. The number of hydrogen-bond acceptors (Lipinski definition) is 3. The van der Waals surface area contributed by atoms with Gasteiger partial charge in [-0.15, -0.1) is 3.89 Å². The molecular weight excluding hydrogens is 316 g/mol. The molecule has 0 atom stereocenters. The second-order valence-corrected chi connectivity index (χ2v) is 4.78. The fourth-order valence-electron chi connectivity index (χ4n) is 1.11. The summed E-state index contributed by atoms with van der Waals surface area (Å²) >= 11 is 0. The van der Waals surface area contributed by atoms with Crippen molar-refractivity contribution in [2.75, 3.05) is 5.32 Å². The molecule has 0 radical (unpaired) electrons. The second-order valence-electron chi connectivity index (χ2n) is 3.46. The van der Waals surface area contributed by atoms with E-state index in [1.807, 2.05) is 0 Å². The molecule has 1 aromatic rings. The molecular formula is C9H5F6NO3S. The number of carbonyl (C=O) groups excluding carboxylic acids is 1. The molecule has 0 unspecified atom stereocenters. The summed E-state index contributed by atoms with van der Waals surface area (Å²) in [5.74, 6) is -8.57. The molecule has 1 rings (SSSR count). The summed E-state index contributed by atoms with van der Waals surface area (Å²) in [5, 5.41) is 1.04. The third kappa shape index (κ3) is 3.21.